The number of nitriles is 1. The second-order valence-corrected chi connectivity index (χ2v) is 10.8. The Morgan fingerprint density at radius 1 is 0.613 bits per heavy atom. The molecule has 0 aromatic carbocycles. The lowest BCUT2D eigenvalue weighted by Gasteiger charge is -2.30. The molecule has 2 saturated carbocycles. The Bertz CT molecular complexity index is 509. The molecule has 0 aromatic heterocycles. The molecular formula is C30H51N. The Balaban J connectivity index is 1.42. The van der Waals surface area contributed by atoms with Crippen molar-refractivity contribution < 1.29 is 0 Å². The highest BCUT2D eigenvalue weighted by molar-refractivity contribution is 5.11. The van der Waals surface area contributed by atoms with Crippen LogP contribution in [-0.4, -0.2) is 0 Å². The van der Waals surface area contributed by atoms with Gasteiger partial charge in [-0.15, -0.1) is 0 Å². The van der Waals surface area contributed by atoms with E-state index in [1.807, 2.05) is 18.2 Å². The summed E-state index contributed by atoms with van der Waals surface area (Å²) in [6.07, 6.45) is 36.9. The van der Waals surface area contributed by atoms with E-state index in [-0.39, 0.29) is 0 Å². The zero-order chi connectivity index (χ0) is 22.0. The van der Waals surface area contributed by atoms with Gasteiger partial charge in [0.2, 0.25) is 0 Å². The Morgan fingerprint density at radius 3 is 1.55 bits per heavy atom. The minimum Gasteiger partial charge on any atom is -0.193 e. The lowest BCUT2D eigenvalue weighted by Crippen LogP contribution is -2.15. The molecule has 0 bridgehead atoms. The third-order valence-electron chi connectivity index (χ3n) is 8.28. The van der Waals surface area contributed by atoms with E-state index in [4.69, 9.17) is 5.26 Å². The number of unbranched alkanes of at least 4 members (excludes halogenated alkanes) is 5. The van der Waals surface area contributed by atoms with E-state index >= 15 is 0 Å². The largest absolute Gasteiger partial charge is 0.193 e. The van der Waals surface area contributed by atoms with E-state index in [0.717, 1.165) is 23.7 Å². The summed E-state index contributed by atoms with van der Waals surface area (Å²) in [5, 5.41) is 8.48. The summed E-state index contributed by atoms with van der Waals surface area (Å²) in [7, 11) is 0. The van der Waals surface area contributed by atoms with E-state index in [0.29, 0.717) is 0 Å². The predicted octanol–water partition coefficient (Wildman–Crippen LogP) is 9.94. The van der Waals surface area contributed by atoms with Crippen LogP contribution >= 0.6 is 0 Å². The first-order valence-corrected chi connectivity index (χ1v) is 14.0. The van der Waals surface area contributed by atoms with Crippen LogP contribution in [0.2, 0.25) is 0 Å². The van der Waals surface area contributed by atoms with E-state index in [2.05, 4.69) is 13.0 Å². The van der Waals surface area contributed by atoms with Gasteiger partial charge < -0.3 is 0 Å². The van der Waals surface area contributed by atoms with Crippen LogP contribution in [0.5, 0.6) is 0 Å². The summed E-state index contributed by atoms with van der Waals surface area (Å²) in [6, 6.07) is 2.03. The fourth-order valence-electron chi connectivity index (χ4n) is 6.13. The van der Waals surface area contributed by atoms with Crippen molar-refractivity contribution >= 4 is 0 Å². The molecule has 0 unspecified atom stereocenters. The van der Waals surface area contributed by atoms with Crippen molar-refractivity contribution in [2.45, 2.75) is 135 Å². The van der Waals surface area contributed by atoms with Crippen LogP contribution in [0.3, 0.4) is 0 Å². The molecule has 0 spiro atoms. The van der Waals surface area contributed by atoms with Gasteiger partial charge >= 0.3 is 0 Å². The minimum absolute atomic E-state index is 0.947. The SMILES string of the molecule is CCCCCCC[C@H]1CC[C@H](CCCC[C@H]2CC[C@H](CC/C=C/C=C/C#N)CC2)CC1. The van der Waals surface area contributed by atoms with Crippen LogP contribution in [-0.2, 0) is 0 Å². The van der Waals surface area contributed by atoms with Crippen LogP contribution in [0.25, 0.3) is 0 Å². The van der Waals surface area contributed by atoms with Crippen molar-refractivity contribution in [3.05, 3.63) is 24.3 Å². The normalized spacial score (nSPS) is 27.1. The summed E-state index contributed by atoms with van der Waals surface area (Å²) in [4.78, 5) is 0. The molecule has 0 heterocycles. The highest BCUT2D eigenvalue weighted by Crippen LogP contribution is 2.36. The molecule has 0 amide bonds. The standard InChI is InChI=1S/C30H51N/c1-2-3-4-6-9-14-27-18-22-29(23-19-27)16-11-12-17-30-24-20-28(21-25-30)15-10-7-5-8-13-26-31/h5,7-8,13,27-30H,2-4,6,9-12,14-25H2,1H3/b7-5+,13-8+/t27-,28-,29-,30-. The lowest BCUT2D eigenvalue weighted by molar-refractivity contribution is 0.232. The molecule has 1 heteroatoms. The van der Waals surface area contributed by atoms with Gasteiger partial charge in [-0.25, -0.2) is 0 Å². The van der Waals surface area contributed by atoms with Crippen molar-refractivity contribution in [1.82, 2.24) is 0 Å². The van der Waals surface area contributed by atoms with Gasteiger partial charge in [-0.2, -0.15) is 5.26 Å². The summed E-state index contributed by atoms with van der Waals surface area (Å²) in [5.41, 5.74) is 0. The zero-order valence-electron chi connectivity index (χ0n) is 20.7. The van der Waals surface area contributed by atoms with Crippen molar-refractivity contribution in [2.24, 2.45) is 23.7 Å². The molecule has 2 rings (SSSR count). The zero-order valence-corrected chi connectivity index (χ0v) is 20.7. The van der Waals surface area contributed by atoms with Crippen LogP contribution < -0.4 is 0 Å². The van der Waals surface area contributed by atoms with Crippen LogP contribution in [0.15, 0.2) is 24.3 Å². The van der Waals surface area contributed by atoms with Gasteiger partial charge in [0, 0.05) is 6.08 Å². The smallest absolute Gasteiger partial charge is 0.0912 e. The molecular weight excluding hydrogens is 374 g/mol. The summed E-state index contributed by atoms with van der Waals surface area (Å²) < 4.78 is 0. The van der Waals surface area contributed by atoms with E-state index in [9.17, 15) is 0 Å². The van der Waals surface area contributed by atoms with Gasteiger partial charge in [0.05, 0.1) is 6.07 Å². The topological polar surface area (TPSA) is 23.8 Å². The fraction of sp³-hybridized carbons (Fsp3) is 0.833. The first-order chi connectivity index (χ1) is 15.3. The fourth-order valence-corrected chi connectivity index (χ4v) is 6.13. The Kier molecular flexibility index (Phi) is 14.8. The molecule has 0 radical (unpaired) electrons. The first-order valence-electron chi connectivity index (χ1n) is 14.0. The van der Waals surface area contributed by atoms with Gasteiger partial charge in [0.15, 0.2) is 0 Å². The first kappa shape index (κ1) is 26.2. The van der Waals surface area contributed by atoms with Gasteiger partial charge in [-0.05, 0) is 36.5 Å². The third kappa shape index (κ3) is 12.6. The molecule has 2 aliphatic carbocycles. The maximum absolute atomic E-state index is 8.48. The van der Waals surface area contributed by atoms with Gasteiger partial charge in [-0.1, -0.05) is 141 Å². The number of rotatable bonds is 15. The maximum atomic E-state index is 8.48. The van der Waals surface area contributed by atoms with Crippen molar-refractivity contribution in [3.8, 4) is 6.07 Å². The van der Waals surface area contributed by atoms with Crippen molar-refractivity contribution in [1.29, 1.82) is 5.26 Å². The van der Waals surface area contributed by atoms with E-state index < -0.39 is 0 Å². The summed E-state index contributed by atoms with van der Waals surface area (Å²) >= 11 is 0. The Labute approximate surface area is 194 Å². The highest BCUT2D eigenvalue weighted by atomic mass is 14.3. The lowest BCUT2D eigenvalue weighted by atomic mass is 9.76. The van der Waals surface area contributed by atoms with Gasteiger partial charge in [0.25, 0.3) is 0 Å². The third-order valence-corrected chi connectivity index (χ3v) is 8.28. The molecule has 0 saturated heterocycles. The van der Waals surface area contributed by atoms with Crippen molar-refractivity contribution in [2.75, 3.05) is 0 Å². The number of allylic oxidation sites excluding steroid dienone is 4. The van der Waals surface area contributed by atoms with E-state index in [1.165, 1.54) is 128 Å². The Morgan fingerprint density at radius 2 is 1.06 bits per heavy atom. The van der Waals surface area contributed by atoms with Gasteiger partial charge in [-0.3, -0.25) is 0 Å². The number of nitrogens with zero attached hydrogens (tertiary/aromatic N) is 1. The second-order valence-electron chi connectivity index (χ2n) is 10.8. The molecule has 31 heavy (non-hydrogen) atoms. The van der Waals surface area contributed by atoms with Crippen LogP contribution in [0.1, 0.15) is 135 Å². The van der Waals surface area contributed by atoms with Crippen molar-refractivity contribution in [3.63, 3.8) is 0 Å². The monoisotopic (exact) mass is 425 g/mol. The maximum Gasteiger partial charge on any atom is 0.0912 e. The molecule has 1 nitrogen and oxygen atoms in total. The molecule has 0 N–H and O–H groups in total. The minimum atomic E-state index is 0.947. The summed E-state index contributed by atoms with van der Waals surface area (Å²) in [5.74, 6) is 4.09. The highest BCUT2D eigenvalue weighted by Gasteiger charge is 2.22. The molecule has 0 aromatic rings. The molecule has 2 fully saturated rings. The quantitative estimate of drug-likeness (QED) is 0.145. The summed E-state index contributed by atoms with van der Waals surface area (Å²) in [6.45, 7) is 2.31. The average molecular weight is 426 g/mol. The predicted molar refractivity (Wildman–Crippen MR) is 136 cm³/mol. The van der Waals surface area contributed by atoms with Crippen LogP contribution in [0, 0.1) is 35.0 Å². The molecule has 0 aliphatic heterocycles. The van der Waals surface area contributed by atoms with E-state index in [1.54, 1.807) is 6.08 Å². The Hall–Kier alpha value is -1.03. The van der Waals surface area contributed by atoms with Crippen LogP contribution in [0.4, 0.5) is 0 Å². The average Bonchev–Trinajstić information content (AvgIpc) is 2.81. The number of hydrogen-bond donors (Lipinski definition) is 0. The molecule has 0 atom stereocenters. The molecule has 176 valence electrons. The second kappa shape index (κ2) is 17.5. The van der Waals surface area contributed by atoms with Gasteiger partial charge in [0.1, 0.15) is 0 Å². The molecule has 2 aliphatic rings. The number of hydrogen-bond acceptors (Lipinski definition) is 1.